The number of rotatable bonds is 10. The second-order valence-electron chi connectivity index (χ2n) is 7.59. The highest BCUT2D eigenvalue weighted by molar-refractivity contribution is 7.92. The molecule has 1 amide bonds. The summed E-state index contributed by atoms with van der Waals surface area (Å²) in [6, 6.07) is 18.3. The zero-order chi connectivity index (χ0) is 24.7. The summed E-state index contributed by atoms with van der Waals surface area (Å²) in [7, 11) is -0.864. The highest BCUT2D eigenvalue weighted by atomic mass is 35.5. The molecule has 0 aliphatic rings. The summed E-state index contributed by atoms with van der Waals surface area (Å²) in [4.78, 5) is 12.8. The van der Waals surface area contributed by atoms with E-state index in [-0.39, 0.29) is 11.4 Å². The smallest absolute Gasteiger partial charge is 0.264 e. The van der Waals surface area contributed by atoms with E-state index in [0.29, 0.717) is 35.2 Å². The van der Waals surface area contributed by atoms with E-state index in [4.69, 9.17) is 21.1 Å². The average Bonchev–Trinajstić information content (AvgIpc) is 2.83. The second kappa shape index (κ2) is 11.3. The monoisotopic (exact) mass is 502 g/mol. The summed E-state index contributed by atoms with van der Waals surface area (Å²) >= 11 is 5.92. The zero-order valence-corrected chi connectivity index (χ0v) is 20.8. The molecule has 0 bridgehead atoms. The third-order valence-electron chi connectivity index (χ3n) is 5.19. The molecular weight excluding hydrogens is 476 g/mol. The number of anilines is 1. The molecule has 0 atom stereocenters. The van der Waals surface area contributed by atoms with E-state index in [1.807, 2.05) is 19.1 Å². The summed E-state index contributed by atoms with van der Waals surface area (Å²) in [5.41, 5.74) is 2.32. The van der Waals surface area contributed by atoms with Gasteiger partial charge in [0.25, 0.3) is 10.0 Å². The van der Waals surface area contributed by atoms with Gasteiger partial charge in [0.1, 0.15) is 6.54 Å². The Bertz CT molecular complexity index is 1230. The first-order valence-electron chi connectivity index (χ1n) is 10.6. The third kappa shape index (κ3) is 6.21. The van der Waals surface area contributed by atoms with Gasteiger partial charge >= 0.3 is 0 Å². The van der Waals surface area contributed by atoms with Gasteiger partial charge in [0.2, 0.25) is 5.91 Å². The van der Waals surface area contributed by atoms with Crippen molar-refractivity contribution in [3.63, 3.8) is 0 Å². The molecule has 3 rings (SSSR count). The number of nitrogens with one attached hydrogen (secondary N) is 1. The van der Waals surface area contributed by atoms with Crippen LogP contribution in [0.5, 0.6) is 11.5 Å². The minimum atomic E-state index is -3.99. The number of carbonyl (C=O) groups excluding carboxylic acids is 1. The summed E-state index contributed by atoms with van der Waals surface area (Å²) in [6.45, 7) is 1.87. The maximum atomic E-state index is 13.4. The fourth-order valence-electron chi connectivity index (χ4n) is 3.33. The SMILES string of the molecule is COc1ccc(CCNC(=O)CN(c2ccc(C)cc2)S(=O)(=O)c2ccc(Cl)cc2)cc1OC. The molecule has 1 N–H and O–H groups in total. The van der Waals surface area contributed by atoms with Gasteiger partial charge in [-0.25, -0.2) is 8.42 Å². The van der Waals surface area contributed by atoms with E-state index in [9.17, 15) is 13.2 Å². The van der Waals surface area contributed by atoms with Gasteiger partial charge in [0, 0.05) is 11.6 Å². The first-order chi connectivity index (χ1) is 16.2. The number of ether oxygens (including phenoxy) is 2. The van der Waals surface area contributed by atoms with Crippen molar-refractivity contribution in [2.45, 2.75) is 18.2 Å². The average molecular weight is 503 g/mol. The van der Waals surface area contributed by atoms with E-state index in [0.717, 1.165) is 15.4 Å². The fraction of sp³-hybridized carbons (Fsp3) is 0.240. The van der Waals surface area contributed by atoms with E-state index in [1.54, 1.807) is 44.6 Å². The molecule has 0 aliphatic carbocycles. The molecule has 34 heavy (non-hydrogen) atoms. The van der Waals surface area contributed by atoms with Crippen molar-refractivity contribution in [2.24, 2.45) is 0 Å². The van der Waals surface area contributed by atoms with Gasteiger partial charge in [0.15, 0.2) is 11.5 Å². The molecule has 0 fully saturated rings. The second-order valence-corrected chi connectivity index (χ2v) is 9.89. The Balaban J connectivity index is 1.74. The maximum absolute atomic E-state index is 13.4. The van der Waals surface area contributed by atoms with Gasteiger partial charge in [-0.3, -0.25) is 9.10 Å². The lowest BCUT2D eigenvalue weighted by atomic mass is 10.1. The van der Waals surface area contributed by atoms with Crippen LogP contribution in [0.25, 0.3) is 0 Å². The molecule has 3 aromatic rings. The van der Waals surface area contributed by atoms with Crippen LogP contribution in [0.15, 0.2) is 71.6 Å². The predicted molar refractivity (Wildman–Crippen MR) is 133 cm³/mol. The molecule has 9 heteroatoms. The Kier molecular flexibility index (Phi) is 8.41. The molecule has 0 aliphatic heterocycles. The summed E-state index contributed by atoms with van der Waals surface area (Å²) in [5.74, 6) is 0.806. The number of amides is 1. The number of hydrogen-bond acceptors (Lipinski definition) is 5. The molecular formula is C25H27ClN2O5S. The number of nitrogens with zero attached hydrogens (tertiary/aromatic N) is 1. The van der Waals surface area contributed by atoms with Gasteiger partial charge in [-0.1, -0.05) is 35.4 Å². The topological polar surface area (TPSA) is 84.9 Å². The van der Waals surface area contributed by atoms with Crippen molar-refractivity contribution in [1.82, 2.24) is 5.32 Å². The van der Waals surface area contributed by atoms with E-state index in [2.05, 4.69) is 5.32 Å². The Labute approximate surface area is 205 Å². The quantitative estimate of drug-likeness (QED) is 0.448. The lowest BCUT2D eigenvalue weighted by Crippen LogP contribution is -2.41. The number of hydrogen-bond donors (Lipinski definition) is 1. The number of aryl methyl sites for hydroxylation is 1. The van der Waals surface area contributed by atoms with Crippen LogP contribution in [0, 0.1) is 6.92 Å². The summed E-state index contributed by atoms with van der Waals surface area (Å²) in [5, 5.41) is 3.23. The Morgan fingerprint density at radius 2 is 1.59 bits per heavy atom. The maximum Gasteiger partial charge on any atom is 0.264 e. The van der Waals surface area contributed by atoms with Gasteiger partial charge in [-0.2, -0.15) is 0 Å². The lowest BCUT2D eigenvalue weighted by molar-refractivity contribution is -0.119. The highest BCUT2D eigenvalue weighted by Gasteiger charge is 2.27. The van der Waals surface area contributed by atoms with E-state index < -0.39 is 15.9 Å². The molecule has 0 unspecified atom stereocenters. The Morgan fingerprint density at radius 3 is 2.21 bits per heavy atom. The molecule has 0 saturated carbocycles. The van der Waals surface area contributed by atoms with E-state index >= 15 is 0 Å². The van der Waals surface area contributed by atoms with Gasteiger partial charge in [0.05, 0.1) is 24.8 Å². The molecule has 3 aromatic carbocycles. The van der Waals surface area contributed by atoms with Crippen molar-refractivity contribution in [1.29, 1.82) is 0 Å². The molecule has 0 aromatic heterocycles. The van der Waals surface area contributed by atoms with Gasteiger partial charge in [-0.05, 0) is 67.4 Å². The number of sulfonamides is 1. The van der Waals surface area contributed by atoms with Crippen molar-refractivity contribution in [2.75, 3.05) is 31.6 Å². The Morgan fingerprint density at radius 1 is 0.941 bits per heavy atom. The van der Waals surface area contributed by atoms with Gasteiger partial charge in [-0.15, -0.1) is 0 Å². The fourth-order valence-corrected chi connectivity index (χ4v) is 4.88. The third-order valence-corrected chi connectivity index (χ3v) is 7.23. The number of benzene rings is 3. The van der Waals surface area contributed by atoms with Gasteiger partial charge < -0.3 is 14.8 Å². The molecule has 0 saturated heterocycles. The predicted octanol–water partition coefficient (Wildman–Crippen LogP) is 4.22. The first-order valence-corrected chi connectivity index (χ1v) is 12.4. The largest absolute Gasteiger partial charge is 0.493 e. The van der Waals surface area contributed by atoms with Crippen LogP contribution in [0.4, 0.5) is 5.69 Å². The minimum Gasteiger partial charge on any atom is -0.493 e. The number of halogens is 1. The molecule has 0 heterocycles. The molecule has 180 valence electrons. The van der Waals surface area contributed by atoms with Crippen molar-refractivity contribution < 1.29 is 22.7 Å². The molecule has 0 radical (unpaired) electrons. The first kappa shape index (κ1) is 25.4. The zero-order valence-electron chi connectivity index (χ0n) is 19.2. The highest BCUT2D eigenvalue weighted by Crippen LogP contribution is 2.28. The number of carbonyl (C=O) groups is 1. The van der Waals surface area contributed by atoms with Crippen LogP contribution < -0.4 is 19.1 Å². The number of methoxy groups -OCH3 is 2. The van der Waals surface area contributed by atoms with Crippen molar-refractivity contribution in [3.05, 3.63) is 82.9 Å². The van der Waals surface area contributed by atoms with Crippen LogP contribution >= 0.6 is 11.6 Å². The van der Waals surface area contributed by atoms with Crippen LogP contribution in [-0.2, 0) is 21.2 Å². The summed E-state index contributed by atoms with van der Waals surface area (Å²) in [6.07, 6.45) is 0.542. The van der Waals surface area contributed by atoms with Crippen LogP contribution in [0.2, 0.25) is 5.02 Å². The van der Waals surface area contributed by atoms with Crippen LogP contribution in [-0.4, -0.2) is 41.6 Å². The standard InChI is InChI=1S/C25H27ClN2O5S/c1-18-4-9-21(10-5-18)28(34(30,31)22-11-7-20(26)8-12-22)17-25(29)27-15-14-19-6-13-23(32-2)24(16-19)33-3/h4-13,16H,14-15,17H2,1-3H3,(H,27,29). The molecule has 7 nitrogen and oxygen atoms in total. The van der Waals surface area contributed by atoms with Crippen LogP contribution in [0.3, 0.4) is 0 Å². The summed E-state index contributed by atoms with van der Waals surface area (Å²) < 4.78 is 38.4. The normalized spacial score (nSPS) is 11.1. The minimum absolute atomic E-state index is 0.0515. The molecule has 0 spiro atoms. The van der Waals surface area contributed by atoms with E-state index in [1.165, 1.54) is 24.3 Å². The van der Waals surface area contributed by atoms with Crippen LogP contribution in [0.1, 0.15) is 11.1 Å². The lowest BCUT2D eigenvalue weighted by Gasteiger charge is -2.24. The van der Waals surface area contributed by atoms with Crippen molar-refractivity contribution >= 4 is 33.2 Å². The Hall–Kier alpha value is -3.23. The van der Waals surface area contributed by atoms with Crippen molar-refractivity contribution in [3.8, 4) is 11.5 Å².